The molecular weight excluding hydrogens is 411 g/mol. The number of piperidine rings is 1. The molecule has 1 unspecified atom stereocenters. The molecule has 1 saturated heterocycles. The van der Waals surface area contributed by atoms with Crippen LogP contribution in [0.3, 0.4) is 0 Å². The zero-order valence-electron chi connectivity index (χ0n) is 16.0. The lowest BCUT2D eigenvalue weighted by molar-refractivity contribution is -0.137. The van der Waals surface area contributed by atoms with Gasteiger partial charge in [-0.05, 0) is 37.5 Å². The summed E-state index contributed by atoms with van der Waals surface area (Å²) in [6, 6.07) is 3.11. The summed E-state index contributed by atoms with van der Waals surface area (Å²) in [7, 11) is -4.28. The van der Waals surface area contributed by atoms with E-state index in [0.29, 0.717) is 31.9 Å². The number of hydrogen-bond acceptors (Lipinski definition) is 4. The van der Waals surface area contributed by atoms with Crippen LogP contribution in [0, 0.1) is 0 Å². The Balaban J connectivity index is 1.96. The number of likely N-dealkylation sites (tertiary alicyclic amines) is 1. The number of amides is 2. The third kappa shape index (κ3) is 6.70. The summed E-state index contributed by atoms with van der Waals surface area (Å²) in [5.41, 5.74) is -1.09. The second kappa shape index (κ2) is 9.57. The first-order valence-corrected chi connectivity index (χ1v) is 10.8. The van der Waals surface area contributed by atoms with Gasteiger partial charge in [-0.15, -0.1) is 0 Å². The summed E-state index contributed by atoms with van der Waals surface area (Å²) in [5.74, 6) is -0.605. The molecule has 162 valence electrons. The maximum absolute atomic E-state index is 12.8. The van der Waals surface area contributed by atoms with E-state index in [1.807, 2.05) is 6.92 Å². The van der Waals surface area contributed by atoms with E-state index in [9.17, 15) is 31.2 Å². The van der Waals surface area contributed by atoms with Gasteiger partial charge < -0.3 is 10.2 Å². The molecule has 2 N–H and O–H groups in total. The van der Waals surface area contributed by atoms with Crippen molar-refractivity contribution in [3.05, 3.63) is 29.8 Å². The largest absolute Gasteiger partial charge is 0.416 e. The first-order valence-electron chi connectivity index (χ1n) is 9.27. The van der Waals surface area contributed by atoms with Crippen LogP contribution in [0.1, 0.15) is 38.2 Å². The number of hydrogen-bond donors (Lipinski definition) is 2. The Hall–Kier alpha value is -2.14. The molecule has 0 bridgehead atoms. The van der Waals surface area contributed by atoms with Crippen molar-refractivity contribution in [3.63, 3.8) is 0 Å². The minimum Gasteiger partial charge on any atom is -0.352 e. The zero-order chi connectivity index (χ0) is 21.7. The second-order valence-electron chi connectivity index (χ2n) is 6.85. The first-order chi connectivity index (χ1) is 13.5. The molecule has 0 spiro atoms. The van der Waals surface area contributed by atoms with Gasteiger partial charge in [0.25, 0.3) is 0 Å². The Bertz CT molecular complexity index is 843. The summed E-state index contributed by atoms with van der Waals surface area (Å²) < 4.78 is 64.9. The topological polar surface area (TPSA) is 95.6 Å². The molecule has 2 rings (SSSR count). The summed E-state index contributed by atoms with van der Waals surface area (Å²) >= 11 is 0. The molecule has 7 nitrogen and oxygen atoms in total. The number of carbonyl (C=O) groups excluding carboxylic acids is 2. The summed E-state index contributed by atoms with van der Waals surface area (Å²) in [6.45, 7) is 1.99. The van der Waals surface area contributed by atoms with Crippen LogP contribution in [-0.2, 0) is 25.8 Å². The van der Waals surface area contributed by atoms with E-state index in [-0.39, 0.29) is 18.5 Å². The molecule has 0 radical (unpaired) electrons. The van der Waals surface area contributed by atoms with E-state index in [1.165, 1.54) is 4.90 Å². The molecule has 2 amide bonds. The number of carbonyl (C=O) groups is 2. The van der Waals surface area contributed by atoms with E-state index in [2.05, 4.69) is 10.0 Å². The van der Waals surface area contributed by atoms with Crippen LogP contribution in [0.4, 0.5) is 13.2 Å². The average molecular weight is 435 g/mol. The number of nitrogens with zero attached hydrogens (tertiary/aromatic N) is 1. The Morgan fingerprint density at radius 2 is 2.00 bits per heavy atom. The van der Waals surface area contributed by atoms with Gasteiger partial charge >= 0.3 is 6.18 Å². The van der Waals surface area contributed by atoms with Gasteiger partial charge in [-0.2, -0.15) is 13.2 Å². The van der Waals surface area contributed by atoms with Crippen molar-refractivity contribution in [3.8, 4) is 0 Å². The van der Waals surface area contributed by atoms with Crippen LogP contribution in [0.25, 0.3) is 0 Å². The molecule has 0 saturated carbocycles. The molecular formula is C18H24F3N3O4S. The standard InChI is InChI=1S/C18H24F3N3O4S/c1-2-5-16(25)23-14-7-4-9-24(12-14)17(26)11-22-29(27,28)15-8-3-6-13(10-15)18(19,20)21/h3,6,8,10,14,22H,2,4-5,7,9,11-12H2,1H3,(H,23,25). The molecule has 1 aromatic carbocycles. The highest BCUT2D eigenvalue weighted by Gasteiger charge is 2.32. The molecule has 1 aromatic rings. The first kappa shape index (κ1) is 23.1. The van der Waals surface area contributed by atoms with Crippen molar-refractivity contribution in [1.82, 2.24) is 14.9 Å². The molecule has 1 fully saturated rings. The second-order valence-corrected chi connectivity index (χ2v) is 8.61. The lowest BCUT2D eigenvalue weighted by atomic mass is 10.1. The molecule has 0 aromatic heterocycles. The van der Waals surface area contributed by atoms with Crippen molar-refractivity contribution in [2.75, 3.05) is 19.6 Å². The normalized spacial score (nSPS) is 17.8. The Morgan fingerprint density at radius 1 is 1.28 bits per heavy atom. The highest BCUT2D eigenvalue weighted by molar-refractivity contribution is 7.89. The Kier molecular flexibility index (Phi) is 7.64. The number of rotatable bonds is 7. The van der Waals surface area contributed by atoms with Crippen molar-refractivity contribution >= 4 is 21.8 Å². The van der Waals surface area contributed by atoms with E-state index in [0.717, 1.165) is 24.6 Å². The number of halogens is 3. The zero-order valence-corrected chi connectivity index (χ0v) is 16.8. The molecule has 1 aliphatic rings. The van der Waals surface area contributed by atoms with Crippen LogP contribution in [0.15, 0.2) is 29.2 Å². The molecule has 11 heteroatoms. The van der Waals surface area contributed by atoms with Gasteiger partial charge in [0, 0.05) is 25.6 Å². The van der Waals surface area contributed by atoms with Gasteiger partial charge in [0.1, 0.15) is 0 Å². The fourth-order valence-electron chi connectivity index (χ4n) is 3.04. The number of nitrogens with one attached hydrogen (secondary N) is 2. The predicted octanol–water partition coefficient (Wildman–Crippen LogP) is 1.89. The van der Waals surface area contributed by atoms with Crippen LogP contribution in [0.5, 0.6) is 0 Å². The van der Waals surface area contributed by atoms with Gasteiger partial charge in [-0.25, -0.2) is 13.1 Å². The molecule has 29 heavy (non-hydrogen) atoms. The van der Waals surface area contributed by atoms with E-state index < -0.39 is 39.1 Å². The highest BCUT2D eigenvalue weighted by Crippen LogP contribution is 2.30. The maximum Gasteiger partial charge on any atom is 0.416 e. The van der Waals surface area contributed by atoms with Crippen molar-refractivity contribution < 1.29 is 31.2 Å². The fourth-order valence-corrected chi connectivity index (χ4v) is 4.06. The van der Waals surface area contributed by atoms with Crippen LogP contribution < -0.4 is 10.0 Å². The van der Waals surface area contributed by atoms with E-state index >= 15 is 0 Å². The lowest BCUT2D eigenvalue weighted by Crippen LogP contribution is -2.51. The van der Waals surface area contributed by atoms with Crippen LogP contribution >= 0.6 is 0 Å². The number of benzene rings is 1. The van der Waals surface area contributed by atoms with Crippen LogP contribution in [-0.4, -0.2) is 50.8 Å². The third-order valence-electron chi connectivity index (χ3n) is 4.50. The highest BCUT2D eigenvalue weighted by atomic mass is 32.2. The SMILES string of the molecule is CCCC(=O)NC1CCCN(C(=O)CNS(=O)(=O)c2cccc(C(F)(F)F)c2)C1. The van der Waals surface area contributed by atoms with Crippen LogP contribution in [0.2, 0.25) is 0 Å². The molecule has 1 aliphatic heterocycles. The Labute approximate surface area is 167 Å². The minimum absolute atomic E-state index is 0.1000. The predicted molar refractivity (Wildman–Crippen MR) is 99.3 cm³/mol. The van der Waals surface area contributed by atoms with E-state index in [1.54, 1.807) is 0 Å². The van der Waals surface area contributed by atoms with E-state index in [4.69, 9.17) is 0 Å². The van der Waals surface area contributed by atoms with Crippen molar-refractivity contribution in [1.29, 1.82) is 0 Å². The number of alkyl halides is 3. The third-order valence-corrected chi connectivity index (χ3v) is 5.90. The van der Waals surface area contributed by atoms with Crippen molar-refractivity contribution in [2.24, 2.45) is 0 Å². The quantitative estimate of drug-likeness (QED) is 0.684. The molecule has 1 atom stereocenters. The fraction of sp³-hybridized carbons (Fsp3) is 0.556. The monoisotopic (exact) mass is 435 g/mol. The van der Waals surface area contributed by atoms with Gasteiger partial charge in [0.2, 0.25) is 21.8 Å². The molecule has 0 aliphatic carbocycles. The smallest absolute Gasteiger partial charge is 0.352 e. The minimum atomic E-state index is -4.67. The van der Waals surface area contributed by atoms with Gasteiger partial charge in [0.15, 0.2) is 0 Å². The van der Waals surface area contributed by atoms with Gasteiger partial charge in [0.05, 0.1) is 17.0 Å². The Morgan fingerprint density at radius 3 is 2.66 bits per heavy atom. The summed E-state index contributed by atoms with van der Waals surface area (Å²) in [6.07, 6.45) is -2.20. The average Bonchev–Trinajstić information content (AvgIpc) is 2.66. The lowest BCUT2D eigenvalue weighted by Gasteiger charge is -2.33. The number of sulfonamides is 1. The summed E-state index contributed by atoms with van der Waals surface area (Å²) in [5, 5.41) is 2.85. The van der Waals surface area contributed by atoms with Gasteiger partial charge in [-0.3, -0.25) is 9.59 Å². The van der Waals surface area contributed by atoms with Crippen molar-refractivity contribution in [2.45, 2.75) is 49.7 Å². The summed E-state index contributed by atoms with van der Waals surface area (Å²) in [4.78, 5) is 25.0. The maximum atomic E-state index is 12.8. The molecule has 1 heterocycles. The van der Waals surface area contributed by atoms with Gasteiger partial charge in [-0.1, -0.05) is 13.0 Å².